The minimum Gasteiger partial charge on any atom is -0.481 e. The summed E-state index contributed by atoms with van der Waals surface area (Å²) in [6.07, 6.45) is 5.94. The van der Waals surface area contributed by atoms with E-state index >= 15 is 0 Å². The smallest absolute Gasteiger partial charge is 0.311 e. The number of anilines is 1. The molecule has 2 N–H and O–H groups in total. The Morgan fingerprint density at radius 3 is 2.88 bits per heavy atom. The summed E-state index contributed by atoms with van der Waals surface area (Å²) in [6.45, 7) is 1.23. The van der Waals surface area contributed by atoms with Gasteiger partial charge < -0.3 is 15.0 Å². The molecule has 7 heteroatoms. The van der Waals surface area contributed by atoms with Crippen molar-refractivity contribution in [1.29, 1.82) is 0 Å². The third kappa shape index (κ3) is 3.00. The predicted octanol–water partition coefficient (Wildman–Crippen LogP) is 2.66. The van der Waals surface area contributed by atoms with Gasteiger partial charge >= 0.3 is 5.97 Å². The van der Waals surface area contributed by atoms with Gasteiger partial charge in [0, 0.05) is 13.1 Å². The zero-order valence-electron chi connectivity index (χ0n) is 14.4. The molecule has 2 aromatic heterocycles. The van der Waals surface area contributed by atoms with Gasteiger partial charge in [0.15, 0.2) is 11.5 Å². The Morgan fingerprint density at radius 2 is 2.08 bits per heavy atom. The van der Waals surface area contributed by atoms with Crippen molar-refractivity contribution in [3.8, 4) is 0 Å². The number of H-pyrrole nitrogens is 1. The SMILES string of the molecule is O=C(O)[C@@]1(CCc2ccccc2)CCCN(c2ncnc3nc[nH]c23)C1. The topological polar surface area (TPSA) is 95.0 Å². The van der Waals surface area contributed by atoms with Crippen LogP contribution in [0.15, 0.2) is 43.0 Å². The molecule has 0 aliphatic carbocycles. The maximum absolute atomic E-state index is 12.2. The minimum absolute atomic E-state index is 0.445. The van der Waals surface area contributed by atoms with E-state index in [-0.39, 0.29) is 0 Å². The Bertz CT molecular complexity index is 910. The van der Waals surface area contributed by atoms with E-state index in [1.165, 1.54) is 11.9 Å². The number of hydrogen-bond donors (Lipinski definition) is 2. The van der Waals surface area contributed by atoms with Gasteiger partial charge in [0.2, 0.25) is 0 Å². The average molecular weight is 351 g/mol. The summed E-state index contributed by atoms with van der Waals surface area (Å²) >= 11 is 0. The molecule has 1 aromatic carbocycles. The summed E-state index contributed by atoms with van der Waals surface area (Å²) < 4.78 is 0. The molecule has 1 saturated heterocycles. The molecule has 4 rings (SSSR count). The van der Waals surface area contributed by atoms with Gasteiger partial charge in [-0.1, -0.05) is 30.3 Å². The Kier molecular flexibility index (Phi) is 4.28. The van der Waals surface area contributed by atoms with E-state index in [4.69, 9.17) is 0 Å². The first kappa shape index (κ1) is 16.5. The lowest BCUT2D eigenvalue weighted by molar-refractivity contribution is -0.150. The highest BCUT2D eigenvalue weighted by molar-refractivity contribution is 5.83. The molecule has 1 fully saturated rings. The lowest BCUT2D eigenvalue weighted by atomic mass is 9.75. The molecular formula is C19H21N5O2. The molecule has 0 radical (unpaired) electrons. The van der Waals surface area contributed by atoms with E-state index in [2.05, 4.69) is 37.0 Å². The maximum Gasteiger partial charge on any atom is 0.311 e. The number of nitrogens with one attached hydrogen (secondary N) is 1. The second-order valence-corrected chi connectivity index (χ2v) is 6.89. The number of aliphatic carboxylic acids is 1. The second-order valence-electron chi connectivity index (χ2n) is 6.89. The van der Waals surface area contributed by atoms with Crippen LogP contribution in [0.25, 0.3) is 11.2 Å². The number of aromatic nitrogens is 4. The molecule has 0 spiro atoms. The number of imidazole rings is 1. The van der Waals surface area contributed by atoms with Gasteiger partial charge in [0.1, 0.15) is 11.8 Å². The van der Waals surface area contributed by atoms with E-state index in [9.17, 15) is 9.90 Å². The number of fused-ring (bicyclic) bond motifs is 1. The second kappa shape index (κ2) is 6.74. The first-order valence-electron chi connectivity index (χ1n) is 8.84. The number of aryl methyl sites for hydroxylation is 1. The molecule has 7 nitrogen and oxygen atoms in total. The van der Waals surface area contributed by atoms with Crippen molar-refractivity contribution >= 4 is 23.0 Å². The lowest BCUT2D eigenvalue weighted by Crippen LogP contribution is -2.48. The molecule has 0 saturated carbocycles. The summed E-state index contributed by atoms with van der Waals surface area (Å²) in [6, 6.07) is 10.1. The van der Waals surface area contributed by atoms with Crippen LogP contribution in [0.4, 0.5) is 5.82 Å². The standard InChI is InChI=1S/C19H21N5O2/c25-18(26)19(9-7-14-5-2-1-3-6-14)8-4-10-24(11-19)17-15-16(21-12-20-15)22-13-23-17/h1-3,5-6,12-13H,4,7-11H2,(H,25,26)(H,20,21,22,23)/t19-/m1/s1. The summed E-state index contributed by atoms with van der Waals surface area (Å²) in [5, 5.41) is 10.0. The number of hydrogen-bond acceptors (Lipinski definition) is 5. The van der Waals surface area contributed by atoms with Gasteiger partial charge in [-0.2, -0.15) is 0 Å². The van der Waals surface area contributed by atoms with E-state index in [0.29, 0.717) is 25.0 Å². The lowest BCUT2D eigenvalue weighted by Gasteiger charge is -2.40. The van der Waals surface area contributed by atoms with Crippen molar-refractivity contribution in [2.24, 2.45) is 5.41 Å². The van der Waals surface area contributed by atoms with Crippen LogP contribution >= 0.6 is 0 Å². The van der Waals surface area contributed by atoms with Crippen molar-refractivity contribution in [3.63, 3.8) is 0 Å². The number of aromatic amines is 1. The van der Waals surface area contributed by atoms with Crippen LogP contribution in [0.1, 0.15) is 24.8 Å². The number of carbonyl (C=O) groups is 1. The number of carboxylic acids is 1. The zero-order valence-corrected chi connectivity index (χ0v) is 14.4. The van der Waals surface area contributed by atoms with E-state index in [1.807, 2.05) is 18.2 Å². The predicted molar refractivity (Wildman–Crippen MR) is 98.0 cm³/mol. The van der Waals surface area contributed by atoms with Crippen molar-refractivity contribution in [2.45, 2.75) is 25.7 Å². The third-order valence-corrected chi connectivity index (χ3v) is 5.27. The van der Waals surface area contributed by atoms with Crippen LogP contribution in [0.3, 0.4) is 0 Å². The minimum atomic E-state index is -0.772. The molecule has 134 valence electrons. The van der Waals surface area contributed by atoms with Crippen molar-refractivity contribution < 1.29 is 9.90 Å². The highest BCUT2D eigenvalue weighted by Gasteiger charge is 2.42. The quantitative estimate of drug-likeness (QED) is 0.734. The van der Waals surface area contributed by atoms with E-state index in [1.54, 1.807) is 6.33 Å². The molecule has 0 bridgehead atoms. The van der Waals surface area contributed by atoms with Crippen LogP contribution in [-0.4, -0.2) is 44.1 Å². The van der Waals surface area contributed by atoms with Gasteiger partial charge in [0.05, 0.1) is 11.7 Å². The summed E-state index contributed by atoms with van der Waals surface area (Å²) in [5.41, 5.74) is 1.76. The van der Waals surface area contributed by atoms with Crippen molar-refractivity contribution in [3.05, 3.63) is 48.5 Å². The number of nitrogens with zero attached hydrogens (tertiary/aromatic N) is 4. The molecule has 1 atom stereocenters. The van der Waals surface area contributed by atoms with Gasteiger partial charge in [-0.25, -0.2) is 15.0 Å². The van der Waals surface area contributed by atoms with Crippen LogP contribution in [0, 0.1) is 5.41 Å². The molecular weight excluding hydrogens is 330 g/mol. The van der Waals surface area contributed by atoms with Crippen LogP contribution in [0.5, 0.6) is 0 Å². The Hall–Kier alpha value is -2.96. The zero-order chi connectivity index (χ0) is 18.0. The normalized spacial score (nSPS) is 20.4. The first-order valence-corrected chi connectivity index (χ1v) is 8.84. The molecule has 26 heavy (non-hydrogen) atoms. The van der Waals surface area contributed by atoms with Gasteiger partial charge in [-0.3, -0.25) is 4.79 Å². The summed E-state index contributed by atoms with van der Waals surface area (Å²) in [4.78, 5) is 30.1. The van der Waals surface area contributed by atoms with Crippen LogP contribution in [-0.2, 0) is 11.2 Å². The maximum atomic E-state index is 12.2. The largest absolute Gasteiger partial charge is 0.481 e. The Balaban J connectivity index is 1.60. The number of rotatable bonds is 5. The Morgan fingerprint density at radius 1 is 1.23 bits per heavy atom. The van der Waals surface area contributed by atoms with Crippen LogP contribution < -0.4 is 4.90 Å². The van der Waals surface area contributed by atoms with Gasteiger partial charge in [0.25, 0.3) is 0 Å². The van der Waals surface area contributed by atoms with Crippen molar-refractivity contribution in [1.82, 2.24) is 19.9 Å². The van der Waals surface area contributed by atoms with Crippen molar-refractivity contribution in [2.75, 3.05) is 18.0 Å². The molecule has 0 unspecified atom stereocenters. The van der Waals surface area contributed by atoms with Crippen LogP contribution in [0.2, 0.25) is 0 Å². The number of carboxylic acid groups (broad SMARTS) is 1. The first-order chi connectivity index (χ1) is 12.7. The fourth-order valence-electron chi connectivity index (χ4n) is 3.82. The third-order valence-electron chi connectivity index (χ3n) is 5.27. The van der Waals surface area contributed by atoms with Gasteiger partial charge in [-0.05, 0) is 31.2 Å². The summed E-state index contributed by atoms with van der Waals surface area (Å²) in [5.74, 6) is 0.00516. The molecule has 0 amide bonds. The van der Waals surface area contributed by atoms with Gasteiger partial charge in [-0.15, -0.1) is 0 Å². The highest BCUT2D eigenvalue weighted by Crippen LogP contribution is 2.37. The fourth-order valence-corrected chi connectivity index (χ4v) is 3.82. The average Bonchev–Trinajstić information content (AvgIpc) is 3.16. The highest BCUT2D eigenvalue weighted by atomic mass is 16.4. The summed E-state index contributed by atoms with van der Waals surface area (Å²) in [7, 11) is 0. The fraction of sp³-hybridized carbons (Fsp3) is 0.368. The molecule has 3 heterocycles. The molecule has 1 aliphatic heterocycles. The van der Waals surface area contributed by atoms with E-state index in [0.717, 1.165) is 30.7 Å². The van der Waals surface area contributed by atoms with E-state index < -0.39 is 11.4 Å². The molecule has 1 aliphatic rings. The number of benzene rings is 1. The Labute approximate surface area is 151 Å². The molecule has 3 aromatic rings. The number of piperidine rings is 1. The monoisotopic (exact) mass is 351 g/mol.